The van der Waals surface area contributed by atoms with Crippen LogP contribution in [-0.4, -0.2) is 18.4 Å². The molecule has 2 heterocycles. The zero-order chi connectivity index (χ0) is 10.8. The Kier molecular flexibility index (Phi) is 3.26. The van der Waals surface area contributed by atoms with Crippen molar-refractivity contribution in [2.45, 2.75) is 25.8 Å². The molecule has 0 saturated carbocycles. The Morgan fingerprint density at radius 2 is 2.40 bits per heavy atom. The number of hydrogen-bond acceptors (Lipinski definition) is 3. The van der Waals surface area contributed by atoms with Crippen molar-refractivity contribution in [2.24, 2.45) is 5.92 Å². The molecule has 15 heavy (non-hydrogen) atoms. The molecule has 1 fully saturated rings. The van der Waals surface area contributed by atoms with Crippen molar-refractivity contribution in [1.29, 1.82) is 0 Å². The number of furan rings is 1. The number of ketones is 1. The lowest BCUT2D eigenvalue weighted by atomic mass is 9.91. The summed E-state index contributed by atoms with van der Waals surface area (Å²) in [6.07, 6.45) is 3.53. The van der Waals surface area contributed by atoms with Crippen molar-refractivity contribution in [1.82, 2.24) is 5.32 Å². The molecule has 0 aliphatic carbocycles. The summed E-state index contributed by atoms with van der Waals surface area (Å²) in [5, 5.41) is 3.32. The van der Waals surface area contributed by atoms with Crippen LogP contribution >= 0.6 is 15.9 Å². The van der Waals surface area contributed by atoms with E-state index in [4.69, 9.17) is 4.42 Å². The molecule has 1 aliphatic heterocycles. The smallest absolute Gasteiger partial charge is 0.203 e. The molecule has 0 bridgehead atoms. The van der Waals surface area contributed by atoms with Gasteiger partial charge in [0.1, 0.15) is 0 Å². The number of halogens is 1. The fourth-order valence-corrected chi connectivity index (χ4v) is 2.27. The summed E-state index contributed by atoms with van der Waals surface area (Å²) in [5.74, 6) is 0.617. The number of carbonyl (C=O) groups excluding carboxylic acids is 1. The summed E-state index contributed by atoms with van der Waals surface area (Å²) in [7, 11) is 0. The average molecular weight is 272 g/mol. The maximum Gasteiger partial charge on any atom is 0.203 e. The lowest BCUT2D eigenvalue weighted by molar-refractivity contribution is 0.0861. The van der Waals surface area contributed by atoms with Crippen molar-refractivity contribution < 1.29 is 9.21 Å². The summed E-state index contributed by atoms with van der Waals surface area (Å²) in [5.41, 5.74) is 0. The normalized spacial score (nSPS) is 26.5. The molecule has 1 saturated heterocycles. The van der Waals surface area contributed by atoms with Gasteiger partial charge >= 0.3 is 0 Å². The Hall–Kier alpha value is -0.610. The third-order valence-corrected chi connectivity index (χ3v) is 3.50. The molecule has 1 N–H and O–H groups in total. The van der Waals surface area contributed by atoms with Crippen molar-refractivity contribution in [2.75, 3.05) is 6.54 Å². The van der Waals surface area contributed by atoms with Crippen LogP contribution in [0.1, 0.15) is 30.3 Å². The Bertz CT molecular complexity index is 353. The molecule has 0 radical (unpaired) electrons. The van der Waals surface area contributed by atoms with Gasteiger partial charge in [0.15, 0.2) is 5.76 Å². The number of piperidine rings is 1. The van der Waals surface area contributed by atoms with Gasteiger partial charge in [0.2, 0.25) is 5.78 Å². The fraction of sp³-hybridized carbons (Fsp3) is 0.545. The molecule has 0 aromatic carbocycles. The first-order valence-electron chi connectivity index (χ1n) is 5.19. The van der Waals surface area contributed by atoms with Crippen LogP contribution in [0.5, 0.6) is 0 Å². The topological polar surface area (TPSA) is 42.2 Å². The lowest BCUT2D eigenvalue weighted by Gasteiger charge is -2.26. The molecule has 2 atom stereocenters. The van der Waals surface area contributed by atoms with E-state index in [-0.39, 0.29) is 11.7 Å². The highest BCUT2D eigenvalue weighted by Crippen LogP contribution is 2.24. The molecular formula is C11H14BrNO2. The quantitative estimate of drug-likeness (QED) is 0.841. The maximum atomic E-state index is 12.0. The largest absolute Gasteiger partial charge is 0.460 e. The number of rotatable bonds is 2. The van der Waals surface area contributed by atoms with Gasteiger partial charge in [-0.05, 0) is 41.8 Å². The Labute approximate surface area is 97.4 Å². The molecule has 0 spiro atoms. The van der Waals surface area contributed by atoms with E-state index in [1.807, 2.05) is 0 Å². The molecule has 2 rings (SSSR count). The Morgan fingerprint density at radius 3 is 2.93 bits per heavy atom. The molecule has 2 unspecified atom stereocenters. The fourth-order valence-electron chi connectivity index (χ4n) is 1.88. The van der Waals surface area contributed by atoms with Gasteiger partial charge in [-0.25, -0.2) is 0 Å². The SMILES string of the molecule is CC1CCC(C(=O)c2occc2Br)CN1. The van der Waals surface area contributed by atoms with Crippen LogP contribution in [0.3, 0.4) is 0 Å². The minimum atomic E-state index is 0.0589. The average Bonchev–Trinajstić information content (AvgIpc) is 2.65. The first kappa shape index (κ1) is 10.9. The highest BCUT2D eigenvalue weighted by atomic mass is 79.9. The van der Waals surface area contributed by atoms with Crippen LogP contribution < -0.4 is 5.32 Å². The summed E-state index contributed by atoms with van der Waals surface area (Å²) in [6.45, 7) is 2.90. The lowest BCUT2D eigenvalue weighted by Crippen LogP contribution is -2.40. The van der Waals surface area contributed by atoms with Crippen LogP contribution in [0.25, 0.3) is 0 Å². The van der Waals surface area contributed by atoms with E-state index in [0.717, 1.165) is 23.9 Å². The van der Waals surface area contributed by atoms with Crippen molar-refractivity contribution in [3.05, 3.63) is 22.6 Å². The molecule has 1 aliphatic rings. The summed E-state index contributed by atoms with van der Waals surface area (Å²) < 4.78 is 5.94. The zero-order valence-electron chi connectivity index (χ0n) is 8.63. The number of carbonyl (C=O) groups is 1. The number of hydrogen-bond donors (Lipinski definition) is 1. The number of Topliss-reactive ketones (excluding diaryl/α,β-unsaturated/α-hetero) is 1. The first-order valence-corrected chi connectivity index (χ1v) is 5.98. The maximum absolute atomic E-state index is 12.0. The molecule has 4 heteroatoms. The van der Waals surface area contributed by atoms with E-state index in [0.29, 0.717) is 11.8 Å². The predicted octanol–water partition coefficient (Wildman–Crippen LogP) is 2.61. The van der Waals surface area contributed by atoms with Gasteiger partial charge < -0.3 is 9.73 Å². The summed E-state index contributed by atoms with van der Waals surface area (Å²) in [6, 6.07) is 2.28. The minimum Gasteiger partial charge on any atom is -0.460 e. The second-order valence-corrected chi connectivity index (χ2v) is 4.90. The highest BCUT2D eigenvalue weighted by Gasteiger charge is 2.27. The molecule has 0 amide bonds. The van der Waals surface area contributed by atoms with E-state index >= 15 is 0 Å². The third kappa shape index (κ3) is 2.32. The van der Waals surface area contributed by atoms with Crippen LogP contribution in [0.2, 0.25) is 0 Å². The van der Waals surface area contributed by atoms with Gasteiger partial charge in [-0.2, -0.15) is 0 Å². The van der Waals surface area contributed by atoms with Gasteiger partial charge in [0, 0.05) is 18.5 Å². The van der Waals surface area contributed by atoms with Crippen LogP contribution in [0, 0.1) is 5.92 Å². The highest BCUT2D eigenvalue weighted by molar-refractivity contribution is 9.10. The van der Waals surface area contributed by atoms with Crippen molar-refractivity contribution in [3.63, 3.8) is 0 Å². The number of nitrogens with one attached hydrogen (secondary N) is 1. The van der Waals surface area contributed by atoms with E-state index in [1.54, 1.807) is 6.07 Å². The van der Waals surface area contributed by atoms with Gasteiger partial charge in [-0.1, -0.05) is 0 Å². The van der Waals surface area contributed by atoms with Crippen molar-refractivity contribution in [3.8, 4) is 0 Å². The van der Waals surface area contributed by atoms with E-state index < -0.39 is 0 Å². The van der Waals surface area contributed by atoms with Crippen molar-refractivity contribution >= 4 is 21.7 Å². The summed E-state index contributed by atoms with van der Waals surface area (Å²) >= 11 is 3.31. The second kappa shape index (κ2) is 4.49. The zero-order valence-corrected chi connectivity index (χ0v) is 10.2. The molecule has 82 valence electrons. The van der Waals surface area contributed by atoms with E-state index in [9.17, 15) is 4.79 Å². The minimum absolute atomic E-state index is 0.0589. The molecular weight excluding hydrogens is 258 g/mol. The monoisotopic (exact) mass is 271 g/mol. The van der Waals surface area contributed by atoms with Gasteiger partial charge in [-0.3, -0.25) is 4.79 Å². The summed E-state index contributed by atoms with van der Waals surface area (Å²) in [4.78, 5) is 12.0. The predicted molar refractivity (Wildman–Crippen MR) is 60.9 cm³/mol. The van der Waals surface area contributed by atoms with E-state index in [2.05, 4.69) is 28.2 Å². The van der Waals surface area contributed by atoms with Crippen LogP contribution in [-0.2, 0) is 0 Å². The first-order chi connectivity index (χ1) is 7.18. The van der Waals surface area contributed by atoms with E-state index in [1.165, 1.54) is 6.26 Å². The van der Waals surface area contributed by atoms with Crippen LogP contribution in [0.15, 0.2) is 21.2 Å². The van der Waals surface area contributed by atoms with Gasteiger partial charge in [0.25, 0.3) is 0 Å². The standard InChI is InChI=1S/C11H14BrNO2/c1-7-2-3-8(6-13-7)10(14)11-9(12)4-5-15-11/h4-5,7-8,13H,2-3,6H2,1H3. The Morgan fingerprint density at radius 1 is 1.60 bits per heavy atom. The van der Waals surface area contributed by atoms with Gasteiger partial charge in [-0.15, -0.1) is 0 Å². The molecule has 1 aromatic rings. The second-order valence-electron chi connectivity index (χ2n) is 4.05. The molecule has 3 nitrogen and oxygen atoms in total. The van der Waals surface area contributed by atoms with Crippen LogP contribution in [0.4, 0.5) is 0 Å². The van der Waals surface area contributed by atoms with Gasteiger partial charge in [0.05, 0.1) is 10.7 Å². The third-order valence-electron chi connectivity index (χ3n) is 2.87. The Balaban J connectivity index is 2.06. The molecule has 1 aromatic heterocycles.